The predicted molar refractivity (Wildman–Crippen MR) is 50.7 cm³/mol. The van der Waals surface area contributed by atoms with E-state index in [1.165, 1.54) is 0 Å². The standard InChI is InChI=1S/C8H6BrN3O/c9-7-5-6(13)1-2-8(7)12-4-3-10-11-12/h1-5,13H. The second-order valence-corrected chi connectivity index (χ2v) is 3.34. The lowest BCUT2D eigenvalue weighted by Gasteiger charge is -2.02. The summed E-state index contributed by atoms with van der Waals surface area (Å²) in [6, 6.07) is 4.97. The van der Waals surface area contributed by atoms with Gasteiger partial charge in [0.25, 0.3) is 0 Å². The lowest BCUT2D eigenvalue weighted by atomic mass is 10.3. The summed E-state index contributed by atoms with van der Waals surface area (Å²) in [5.41, 5.74) is 0.843. The molecule has 0 saturated carbocycles. The van der Waals surface area contributed by atoms with E-state index in [9.17, 15) is 0 Å². The van der Waals surface area contributed by atoms with E-state index in [-0.39, 0.29) is 5.75 Å². The van der Waals surface area contributed by atoms with E-state index in [1.54, 1.807) is 35.3 Å². The summed E-state index contributed by atoms with van der Waals surface area (Å²) < 4.78 is 2.39. The number of phenolic OH excluding ortho intramolecular Hbond substituents is 1. The number of rotatable bonds is 1. The molecule has 1 N–H and O–H groups in total. The number of aromatic nitrogens is 3. The van der Waals surface area contributed by atoms with Crippen LogP contribution in [0.5, 0.6) is 5.75 Å². The molecule has 1 aromatic heterocycles. The van der Waals surface area contributed by atoms with Gasteiger partial charge in [-0.3, -0.25) is 0 Å². The highest BCUT2D eigenvalue weighted by atomic mass is 79.9. The normalized spacial score (nSPS) is 10.2. The Kier molecular flexibility index (Phi) is 2.02. The first-order valence-electron chi connectivity index (χ1n) is 3.62. The zero-order valence-electron chi connectivity index (χ0n) is 6.55. The van der Waals surface area contributed by atoms with Crippen LogP contribution < -0.4 is 0 Å². The molecule has 13 heavy (non-hydrogen) atoms. The molecule has 0 saturated heterocycles. The van der Waals surface area contributed by atoms with E-state index in [0.29, 0.717) is 0 Å². The van der Waals surface area contributed by atoms with E-state index in [0.717, 1.165) is 10.2 Å². The van der Waals surface area contributed by atoms with Crippen LogP contribution in [0.4, 0.5) is 0 Å². The molecule has 0 atom stereocenters. The number of halogens is 1. The first-order chi connectivity index (χ1) is 6.27. The van der Waals surface area contributed by atoms with Crippen molar-refractivity contribution in [3.8, 4) is 11.4 Å². The summed E-state index contributed by atoms with van der Waals surface area (Å²) in [4.78, 5) is 0. The summed E-state index contributed by atoms with van der Waals surface area (Å²) in [5, 5.41) is 16.7. The quantitative estimate of drug-likeness (QED) is 0.825. The Morgan fingerprint density at radius 1 is 1.38 bits per heavy atom. The molecule has 0 aliphatic heterocycles. The first-order valence-corrected chi connectivity index (χ1v) is 4.42. The van der Waals surface area contributed by atoms with Gasteiger partial charge in [-0.25, -0.2) is 4.68 Å². The smallest absolute Gasteiger partial charge is 0.116 e. The maximum Gasteiger partial charge on any atom is 0.116 e. The number of nitrogens with zero attached hydrogens (tertiary/aromatic N) is 3. The molecule has 0 fully saturated rings. The molecule has 2 aromatic rings. The monoisotopic (exact) mass is 239 g/mol. The average Bonchev–Trinajstić information content (AvgIpc) is 2.56. The van der Waals surface area contributed by atoms with Gasteiger partial charge in [0.1, 0.15) is 5.75 Å². The van der Waals surface area contributed by atoms with Crippen molar-refractivity contribution in [2.24, 2.45) is 0 Å². The molecular formula is C8H6BrN3O. The molecule has 0 unspecified atom stereocenters. The van der Waals surface area contributed by atoms with E-state index in [1.807, 2.05) is 0 Å². The third-order valence-electron chi connectivity index (χ3n) is 1.60. The lowest BCUT2D eigenvalue weighted by Crippen LogP contribution is -1.95. The maximum atomic E-state index is 9.16. The van der Waals surface area contributed by atoms with Crippen molar-refractivity contribution in [3.63, 3.8) is 0 Å². The maximum absolute atomic E-state index is 9.16. The fourth-order valence-corrected chi connectivity index (χ4v) is 1.57. The highest BCUT2D eigenvalue weighted by Gasteiger charge is 2.02. The molecule has 66 valence electrons. The van der Waals surface area contributed by atoms with Crippen LogP contribution in [0.3, 0.4) is 0 Å². The molecule has 0 aliphatic carbocycles. The van der Waals surface area contributed by atoms with Crippen molar-refractivity contribution in [1.29, 1.82) is 0 Å². The summed E-state index contributed by atoms with van der Waals surface area (Å²) in [5.74, 6) is 0.218. The second-order valence-electron chi connectivity index (χ2n) is 2.48. The van der Waals surface area contributed by atoms with Gasteiger partial charge in [0.15, 0.2) is 0 Å². The van der Waals surface area contributed by atoms with Crippen molar-refractivity contribution in [1.82, 2.24) is 15.0 Å². The van der Waals surface area contributed by atoms with Crippen LogP contribution in [0, 0.1) is 0 Å². The predicted octanol–water partition coefficient (Wildman–Crippen LogP) is 1.74. The Morgan fingerprint density at radius 3 is 2.85 bits per heavy atom. The summed E-state index contributed by atoms with van der Waals surface area (Å²) in [7, 11) is 0. The van der Waals surface area contributed by atoms with Gasteiger partial charge >= 0.3 is 0 Å². The minimum absolute atomic E-state index is 0.218. The van der Waals surface area contributed by atoms with Gasteiger partial charge in [0.2, 0.25) is 0 Å². The van der Waals surface area contributed by atoms with Crippen molar-refractivity contribution in [2.75, 3.05) is 0 Å². The highest BCUT2D eigenvalue weighted by Crippen LogP contribution is 2.24. The SMILES string of the molecule is Oc1ccc(-n2ccnn2)c(Br)c1. The van der Waals surface area contributed by atoms with Crippen LogP contribution in [0.2, 0.25) is 0 Å². The lowest BCUT2D eigenvalue weighted by molar-refractivity contribution is 0.474. The zero-order chi connectivity index (χ0) is 9.26. The molecule has 0 amide bonds. The summed E-state index contributed by atoms with van der Waals surface area (Å²) in [6.07, 6.45) is 3.33. The number of phenols is 1. The summed E-state index contributed by atoms with van der Waals surface area (Å²) >= 11 is 3.32. The van der Waals surface area contributed by atoms with Gasteiger partial charge in [-0.05, 0) is 34.1 Å². The molecule has 0 bridgehead atoms. The van der Waals surface area contributed by atoms with E-state index in [2.05, 4.69) is 26.2 Å². The second kappa shape index (κ2) is 3.18. The van der Waals surface area contributed by atoms with Gasteiger partial charge in [-0.15, -0.1) is 5.10 Å². The van der Waals surface area contributed by atoms with Gasteiger partial charge in [0, 0.05) is 4.47 Å². The van der Waals surface area contributed by atoms with E-state index >= 15 is 0 Å². The third-order valence-corrected chi connectivity index (χ3v) is 2.24. The fourth-order valence-electron chi connectivity index (χ4n) is 1.02. The Balaban J connectivity index is 2.53. The topological polar surface area (TPSA) is 50.9 Å². The summed E-state index contributed by atoms with van der Waals surface area (Å²) in [6.45, 7) is 0. The van der Waals surface area contributed by atoms with Gasteiger partial charge < -0.3 is 5.11 Å². The minimum Gasteiger partial charge on any atom is -0.508 e. The van der Waals surface area contributed by atoms with E-state index in [4.69, 9.17) is 5.11 Å². The largest absolute Gasteiger partial charge is 0.508 e. The number of benzene rings is 1. The van der Waals surface area contributed by atoms with Gasteiger partial charge in [-0.2, -0.15) is 0 Å². The number of aromatic hydroxyl groups is 1. The number of hydrogen-bond donors (Lipinski definition) is 1. The molecule has 1 heterocycles. The Bertz CT molecular complexity index is 413. The minimum atomic E-state index is 0.218. The number of hydrogen-bond acceptors (Lipinski definition) is 3. The van der Waals surface area contributed by atoms with Crippen molar-refractivity contribution < 1.29 is 5.11 Å². The van der Waals surface area contributed by atoms with Crippen LogP contribution in [0.25, 0.3) is 5.69 Å². The van der Waals surface area contributed by atoms with Gasteiger partial charge in [0.05, 0.1) is 18.1 Å². The van der Waals surface area contributed by atoms with Crippen LogP contribution in [0.15, 0.2) is 35.1 Å². The van der Waals surface area contributed by atoms with Crippen LogP contribution in [-0.4, -0.2) is 20.1 Å². The highest BCUT2D eigenvalue weighted by molar-refractivity contribution is 9.10. The Hall–Kier alpha value is -1.36. The Morgan fingerprint density at radius 2 is 2.23 bits per heavy atom. The molecule has 0 radical (unpaired) electrons. The van der Waals surface area contributed by atoms with Crippen molar-refractivity contribution in [2.45, 2.75) is 0 Å². The zero-order valence-corrected chi connectivity index (χ0v) is 8.14. The van der Waals surface area contributed by atoms with Crippen LogP contribution in [0.1, 0.15) is 0 Å². The first kappa shape index (κ1) is 8.25. The third kappa shape index (κ3) is 1.55. The van der Waals surface area contributed by atoms with E-state index < -0.39 is 0 Å². The Labute approximate surface area is 82.9 Å². The molecule has 4 nitrogen and oxygen atoms in total. The fraction of sp³-hybridized carbons (Fsp3) is 0. The van der Waals surface area contributed by atoms with Crippen LogP contribution in [-0.2, 0) is 0 Å². The molecule has 0 spiro atoms. The molecule has 2 rings (SSSR count). The van der Waals surface area contributed by atoms with Crippen molar-refractivity contribution in [3.05, 3.63) is 35.1 Å². The average molecular weight is 240 g/mol. The molecule has 1 aromatic carbocycles. The van der Waals surface area contributed by atoms with Crippen LogP contribution >= 0.6 is 15.9 Å². The van der Waals surface area contributed by atoms with Crippen molar-refractivity contribution >= 4 is 15.9 Å². The molecular weight excluding hydrogens is 234 g/mol. The van der Waals surface area contributed by atoms with Gasteiger partial charge in [-0.1, -0.05) is 5.21 Å². The molecule has 5 heteroatoms. The molecule has 0 aliphatic rings.